The lowest BCUT2D eigenvalue weighted by atomic mass is 10.5. The van der Waals surface area contributed by atoms with Gasteiger partial charge in [-0.2, -0.15) is 38.5 Å². The molecule has 3 heterocycles. The molecule has 0 N–H and O–H groups in total. The highest BCUT2D eigenvalue weighted by atomic mass is 32.2. The molecular formula is C13H22N6S2. The van der Waals surface area contributed by atoms with Crippen LogP contribution in [0.4, 0.5) is 17.8 Å². The number of anilines is 3. The van der Waals surface area contributed by atoms with E-state index in [9.17, 15) is 0 Å². The second-order valence-corrected chi connectivity index (χ2v) is 7.78. The Hall–Kier alpha value is -0.890. The van der Waals surface area contributed by atoms with E-state index in [0.717, 1.165) is 67.0 Å². The topological polar surface area (TPSA) is 48.4 Å². The molecule has 0 spiro atoms. The summed E-state index contributed by atoms with van der Waals surface area (Å²) in [6.07, 6.45) is 0. The molecule has 1 aromatic heterocycles. The molecule has 0 bridgehead atoms. The van der Waals surface area contributed by atoms with Crippen LogP contribution < -0.4 is 14.7 Å². The van der Waals surface area contributed by atoms with Crippen molar-refractivity contribution in [2.75, 3.05) is 78.0 Å². The molecule has 6 nitrogen and oxygen atoms in total. The summed E-state index contributed by atoms with van der Waals surface area (Å²) in [5, 5.41) is 0. The van der Waals surface area contributed by atoms with Crippen molar-refractivity contribution >= 4 is 41.4 Å². The second-order valence-electron chi connectivity index (χ2n) is 5.33. The second kappa shape index (κ2) is 6.91. The summed E-state index contributed by atoms with van der Waals surface area (Å²) in [6, 6.07) is 0. The predicted octanol–water partition coefficient (Wildman–Crippen LogP) is 1.04. The first-order valence-corrected chi connectivity index (χ1v) is 9.64. The number of rotatable bonds is 3. The molecule has 2 aliphatic heterocycles. The number of nitrogens with zero attached hydrogens (tertiary/aromatic N) is 6. The lowest BCUT2D eigenvalue weighted by molar-refractivity contribution is 0.767. The molecule has 0 radical (unpaired) electrons. The van der Waals surface area contributed by atoms with E-state index in [-0.39, 0.29) is 0 Å². The highest BCUT2D eigenvalue weighted by molar-refractivity contribution is 7.99. The summed E-state index contributed by atoms with van der Waals surface area (Å²) < 4.78 is 0. The van der Waals surface area contributed by atoms with E-state index < -0.39 is 0 Å². The SMILES string of the molecule is CN(C)c1nc(N2CCSCC2)nc(N2CCSCC2)n1. The van der Waals surface area contributed by atoms with E-state index in [4.69, 9.17) is 4.98 Å². The third-order valence-electron chi connectivity index (χ3n) is 3.59. The Morgan fingerprint density at radius 1 is 0.762 bits per heavy atom. The molecule has 0 atom stereocenters. The Morgan fingerprint density at radius 3 is 1.57 bits per heavy atom. The first-order valence-electron chi connectivity index (χ1n) is 7.33. The summed E-state index contributed by atoms with van der Waals surface area (Å²) in [5.74, 6) is 7.03. The Morgan fingerprint density at radius 2 is 1.19 bits per heavy atom. The highest BCUT2D eigenvalue weighted by Crippen LogP contribution is 2.22. The van der Waals surface area contributed by atoms with Crippen molar-refractivity contribution in [3.8, 4) is 0 Å². The van der Waals surface area contributed by atoms with Crippen LogP contribution in [0.1, 0.15) is 0 Å². The van der Waals surface area contributed by atoms with E-state index in [1.54, 1.807) is 0 Å². The van der Waals surface area contributed by atoms with Gasteiger partial charge in [0, 0.05) is 63.3 Å². The van der Waals surface area contributed by atoms with Crippen LogP contribution in [0.25, 0.3) is 0 Å². The van der Waals surface area contributed by atoms with Gasteiger partial charge in [-0.25, -0.2) is 0 Å². The van der Waals surface area contributed by atoms with Crippen LogP contribution >= 0.6 is 23.5 Å². The molecule has 0 unspecified atom stereocenters. The van der Waals surface area contributed by atoms with Crippen molar-refractivity contribution in [1.29, 1.82) is 0 Å². The summed E-state index contributed by atoms with van der Waals surface area (Å²) in [5.41, 5.74) is 0. The third kappa shape index (κ3) is 3.66. The molecule has 2 aliphatic rings. The minimum Gasteiger partial charge on any atom is -0.347 e. The van der Waals surface area contributed by atoms with Gasteiger partial charge in [-0.3, -0.25) is 0 Å². The number of aromatic nitrogens is 3. The molecule has 0 amide bonds. The van der Waals surface area contributed by atoms with Crippen molar-refractivity contribution in [2.45, 2.75) is 0 Å². The molecule has 0 saturated carbocycles. The maximum Gasteiger partial charge on any atom is 0.232 e. The highest BCUT2D eigenvalue weighted by Gasteiger charge is 2.20. The fourth-order valence-corrected chi connectivity index (χ4v) is 4.16. The van der Waals surface area contributed by atoms with Gasteiger partial charge in [-0.15, -0.1) is 0 Å². The van der Waals surface area contributed by atoms with Crippen LogP contribution in [0.15, 0.2) is 0 Å². The number of thioether (sulfide) groups is 2. The van der Waals surface area contributed by atoms with Crippen molar-refractivity contribution < 1.29 is 0 Å². The van der Waals surface area contributed by atoms with Crippen LogP contribution in [0.3, 0.4) is 0 Å². The summed E-state index contributed by atoms with van der Waals surface area (Å²) >= 11 is 4.00. The van der Waals surface area contributed by atoms with Crippen molar-refractivity contribution in [3.05, 3.63) is 0 Å². The Kier molecular flexibility index (Phi) is 4.95. The van der Waals surface area contributed by atoms with Gasteiger partial charge in [0.2, 0.25) is 17.8 Å². The molecule has 2 fully saturated rings. The molecule has 0 aliphatic carbocycles. The lowest BCUT2D eigenvalue weighted by Gasteiger charge is -2.30. The summed E-state index contributed by atoms with van der Waals surface area (Å²) in [4.78, 5) is 20.6. The monoisotopic (exact) mass is 326 g/mol. The van der Waals surface area contributed by atoms with Crippen LogP contribution in [0.5, 0.6) is 0 Å². The standard InChI is InChI=1S/C13H22N6S2/c1-17(2)11-14-12(18-3-7-20-8-4-18)16-13(15-11)19-5-9-21-10-6-19/h3-10H2,1-2H3. The smallest absolute Gasteiger partial charge is 0.232 e. The van der Waals surface area contributed by atoms with Gasteiger partial charge >= 0.3 is 0 Å². The van der Waals surface area contributed by atoms with Crippen molar-refractivity contribution in [1.82, 2.24) is 15.0 Å². The minimum absolute atomic E-state index is 0.756. The largest absolute Gasteiger partial charge is 0.347 e. The van der Waals surface area contributed by atoms with Gasteiger partial charge in [-0.05, 0) is 0 Å². The van der Waals surface area contributed by atoms with Crippen molar-refractivity contribution in [3.63, 3.8) is 0 Å². The average molecular weight is 326 g/mol. The van der Waals surface area contributed by atoms with Gasteiger partial charge in [-0.1, -0.05) is 0 Å². The predicted molar refractivity (Wildman–Crippen MR) is 93.2 cm³/mol. The molecule has 21 heavy (non-hydrogen) atoms. The molecule has 2 saturated heterocycles. The van der Waals surface area contributed by atoms with Gasteiger partial charge < -0.3 is 14.7 Å². The van der Waals surface area contributed by atoms with Crippen molar-refractivity contribution in [2.24, 2.45) is 0 Å². The van der Waals surface area contributed by atoms with Gasteiger partial charge in [0.05, 0.1) is 0 Å². The minimum atomic E-state index is 0.756. The van der Waals surface area contributed by atoms with Crippen LogP contribution in [0.2, 0.25) is 0 Å². The summed E-state index contributed by atoms with van der Waals surface area (Å²) in [7, 11) is 3.97. The fourth-order valence-electron chi connectivity index (χ4n) is 2.35. The number of hydrogen-bond acceptors (Lipinski definition) is 8. The van der Waals surface area contributed by atoms with E-state index >= 15 is 0 Å². The molecule has 8 heteroatoms. The zero-order valence-corrected chi connectivity index (χ0v) is 14.3. The Bertz CT molecular complexity index is 435. The van der Waals surface area contributed by atoms with E-state index in [2.05, 4.69) is 19.8 Å². The summed E-state index contributed by atoms with van der Waals surface area (Å²) in [6.45, 7) is 4.10. The van der Waals surface area contributed by atoms with Crippen LogP contribution in [0, 0.1) is 0 Å². The van der Waals surface area contributed by atoms with Crippen LogP contribution in [-0.4, -0.2) is 78.2 Å². The molecule has 3 rings (SSSR count). The number of hydrogen-bond donors (Lipinski definition) is 0. The Balaban J connectivity index is 1.89. The first kappa shape index (κ1) is 15.0. The molecular weight excluding hydrogens is 304 g/mol. The van der Waals surface area contributed by atoms with Gasteiger partial charge in [0.1, 0.15) is 0 Å². The maximum atomic E-state index is 4.75. The normalized spacial score (nSPS) is 19.7. The fraction of sp³-hybridized carbons (Fsp3) is 0.769. The Labute approximate surface area is 134 Å². The zero-order chi connectivity index (χ0) is 14.7. The van der Waals surface area contributed by atoms with Gasteiger partial charge in [0.15, 0.2) is 0 Å². The third-order valence-corrected chi connectivity index (χ3v) is 5.47. The zero-order valence-electron chi connectivity index (χ0n) is 12.7. The van der Waals surface area contributed by atoms with Gasteiger partial charge in [0.25, 0.3) is 0 Å². The maximum absolute atomic E-state index is 4.75. The first-order chi connectivity index (χ1) is 10.2. The molecule has 116 valence electrons. The molecule has 1 aromatic rings. The quantitative estimate of drug-likeness (QED) is 0.817. The van der Waals surface area contributed by atoms with E-state index in [0.29, 0.717) is 0 Å². The van der Waals surface area contributed by atoms with E-state index in [1.165, 1.54) is 0 Å². The van der Waals surface area contributed by atoms with Crippen LogP contribution in [-0.2, 0) is 0 Å². The average Bonchev–Trinajstić information content (AvgIpc) is 2.56. The van der Waals surface area contributed by atoms with E-state index in [1.807, 2.05) is 42.5 Å². The molecule has 0 aromatic carbocycles. The lowest BCUT2D eigenvalue weighted by Crippen LogP contribution is -2.37.